The van der Waals surface area contributed by atoms with Gasteiger partial charge in [0.05, 0.1) is 11.1 Å². The van der Waals surface area contributed by atoms with Crippen molar-refractivity contribution in [1.29, 1.82) is 0 Å². The fourth-order valence-corrected chi connectivity index (χ4v) is 3.01. The van der Waals surface area contributed by atoms with Crippen molar-refractivity contribution in [2.75, 3.05) is 23.8 Å². The van der Waals surface area contributed by atoms with Crippen LogP contribution in [0.5, 0.6) is 5.75 Å². The predicted molar refractivity (Wildman–Crippen MR) is 92.9 cm³/mol. The molecule has 0 fully saturated rings. The molecule has 1 aromatic carbocycles. The lowest BCUT2D eigenvalue weighted by atomic mass is 10.1. The van der Waals surface area contributed by atoms with Crippen LogP contribution in [0.25, 0.3) is 0 Å². The van der Waals surface area contributed by atoms with E-state index in [1.807, 2.05) is 6.07 Å². The second kappa shape index (κ2) is 7.09. The summed E-state index contributed by atoms with van der Waals surface area (Å²) in [5, 5.41) is 6.49. The quantitative estimate of drug-likeness (QED) is 0.756. The predicted octanol–water partition coefficient (Wildman–Crippen LogP) is 4.69. The number of anilines is 3. The van der Waals surface area contributed by atoms with Crippen molar-refractivity contribution in [2.45, 2.75) is 19.8 Å². The van der Waals surface area contributed by atoms with Crippen molar-refractivity contribution in [3.8, 4) is 5.75 Å². The second-order valence-electron chi connectivity index (χ2n) is 5.48. The number of benzene rings is 1. The molecule has 3 rings (SSSR count). The lowest BCUT2D eigenvalue weighted by Crippen LogP contribution is -2.34. The highest BCUT2D eigenvalue weighted by Crippen LogP contribution is 2.35. The number of fused-ring (bicyclic) bond motifs is 1. The van der Waals surface area contributed by atoms with Crippen molar-refractivity contribution in [2.24, 2.45) is 0 Å². The minimum atomic E-state index is -4.73. The van der Waals surface area contributed by atoms with E-state index in [0.29, 0.717) is 5.69 Å². The Morgan fingerprint density at radius 1 is 1.36 bits per heavy atom. The molecule has 0 bridgehead atoms. The van der Waals surface area contributed by atoms with Gasteiger partial charge in [-0.1, -0.05) is 6.92 Å². The summed E-state index contributed by atoms with van der Waals surface area (Å²) >= 11 is 3.11. The highest BCUT2D eigenvalue weighted by atomic mass is 79.9. The van der Waals surface area contributed by atoms with E-state index < -0.39 is 6.36 Å². The van der Waals surface area contributed by atoms with Crippen LogP contribution in [0.3, 0.4) is 0 Å². The minimum Gasteiger partial charge on any atom is -0.405 e. The van der Waals surface area contributed by atoms with Crippen LogP contribution in [0.2, 0.25) is 0 Å². The maximum Gasteiger partial charge on any atom is 0.573 e. The zero-order valence-electron chi connectivity index (χ0n) is 13.3. The molecule has 5 nitrogen and oxygen atoms in total. The first-order valence-corrected chi connectivity index (χ1v) is 8.41. The molecule has 0 aliphatic carbocycles. The maximum absolute atomic E-state index is 12.4. The van der Waals surface area contributed by atoms with Crippen LogP contribution in [0.15, 0.2) is 34.9 Å². The van der Waals surface area contributed by atoms with Crippen LogP contribution in [0.4, 0.5) is 30.4 Å². The molecular formula is C16H16BrF3N4O. The van der Waals surface area contributed by atoms with Gasteiger partial charge in [-0.3, -0.25) is 4.90 Å². The molecule has 0 saturated carbocycles. The van der Waals surface area contributed by atoms with Gasteiger partial charge < -0.3 is 15.4 Å². The largest absolute Gasteiger partial charge is 0.573 e. The first-order valence-electron chi connectivity index (χ1n) is 7.62. The van der Waals surface area contributed by atoms with Gasteiger partial charge in [0, 0.05) is 29.7 Å². The van der Waals surface area contributed by atoms with E-state index in [9.17, 15) is 13.2 Å². The van der Waals surface area contributed by atoms with Crippen LogP contribution in [0.1, 0.15) is 12.5 Å². The smallest absolute Gasteiger partial charge is 0.405 e. The van der Waals surface area contributed by atoms with E-state index in [1.54, 1.807) is 12.3 Å². The molecule has 0 saturated heterocycles. The van der Waals surface area contributed by atoms with E-state index in [-0.39, 0.29) is 10.2 Å². The Hall–Kier alpha value is -2.00. The van der Waals surface area contributed by atoms with E-state index in [4.69, 9.17) is 0 Å². The Morgan fingerprint density at radius 2 is 2.16 bits per heavy atom. The number of halogens is 4. The number of ether oxygens (including phenoxy) is 1. The average molecular weight is 417 g/mol. The molecule has 134 valence electrons. The van der Waals surface area contributed by atoms with Crippen LogP contribution in [0, 0.1) is 0 Å². The summed E-state index contributed by atoms with van der Waals surface area (Å²) in [5.74, 6) is 0.527. The Kier molecular flexibility index (Phi) is 5.05. The number of hydrogen-bond acceptors (Lipinski definition) is 5. The number of aromatic nitrogens is 1. The standard InChI is InChI=1S/C16H16BrF3N4O/c1-2-24-8-11-13(5-6-21-15(11)22-9-24)23-10-3-4-14(12(17)7-10)25-16(18,19)20/h3-7H,2,8-9H2,1H3,(H2,21,22,23). The Balaban J connectivity index is 1.83. The highest BCUT2D eigenvalue weighted by molar-refractivity contribution is 9.10. The molecule has 0 unspecified atom stereocenters. The Morgan fingerprint density at radius 3 is 2.84 bits per heavy atom. The van der Waals surface area contributed by atoms with E-state index >= 15 is 0 Å². The molecule has 9 heteroatoms. The average Bonchev–Trinajstić information content (AvgIpc) is 2.56. The number of nitrogens with zero attached hydrogens (tertiary/aromatic N) is 2. The van der Waals surface area contributed by atoms with Gasteiger partial charge in [-0.25, -0.2) is 4.98 Å². The van der Waals surface area contributed by atoms with Crippen molar-refractivity contribution in [3.05, 3.63) is 40.5 Å². The number of rotatable bonds is 4. The zero-order valence-corrected chi connectivity index (χ0v) is 14.9. The number of alkyl halides is 3. The van der Waals surface area contributed by atoms with E-state index in [2.05, 4.69) is 48.1 Å². The minimum absolute atomic E-state index is 0.214. The fourth-order valence-electron chi connectivity index (χ4n) is 2.55. The second-order valence-corrected chi connectivity index (χ2v) is 6.34. The zero-order chi connectivity index (χ0) is 18.0. The summed E-state index contributed by atoms with van der Waals surface area (Å²) in [5.41, 5.74) is 2.51. The lowest BCUT2D eigenvalue weighted by molar-refractivity contribution is -0.274. The van der Waals surface area contributed by atoms with Crippen LogP contribution >= 0.6 is 15.9 Å². The van der Waals surface area contributed by atoms with Crippen LogP contribution in [-0.2, 0) is 6.54 Å². The summed E-state index contributed by atoms with van der Waals surface area (Å²) in [6.45, 7) is 4.45. The van der Waals surface area contributed by atoms with Gasteiger partial charge in [0.25, 0.3) is 0 Å². The molecule has 2 N–H and O–H groups in total. The third-order valence-electron chi connectivity index (χ3n) is 3.79. The van der Waals surface area contributed by atoms with Gasteiger partial charge in [0.1, 0.15) is 11.6 Å². The monoisotopic (exact) mass is 416 g/mol. The molecule has 1 aliphatic heterocycles. The van der Waals surface area contributed by atoms with E-state index in [1.165, 1.54) is 12.1 Å². The van der Waals surface area contributed by atoms with Crippen molar-refractivity contribution >= 4 is 33.1 Å². The number of hydrogen-bond donors (Lipinski definition) is 2. The van der Waals surface area contributed by atoms with Gasteiger partial charge >= 0.3 is 6.36 Å². The third-order valence-corrected chi connectivity index (χ3v) is 4.41. The van der Waals surface area contributed by atoms with Crippen molar-refractivity contribution in [1.82, 2.24) is 9.88 Å². The molecule has 0 amide bonds. The van der Waals surface area contributed by atoms with Gasteiger partial charge in [0.2, 0.25) is 0 Å². The molecule has 0 spiro atoms. The fraction of sp³-hybridized carbons (Fsp3) is 0.312. The Labute approximate surface area is 151 Å². The molecule has 1 aliphatic rings. The summed E-state index contributed by atoms with van der Waals surface area (Å²) in [7, 11) is 0. The summed E-state index contributed by atoms with van der Waals surface area (Å²) < 4.78 is 41.2. The summed E-state index contributed by atoms with van der Waals surface area (Å²) in [6, 6.07) is 6.19. The normalized spacial score (nSPS) is 14.6. The van der Waals surface area contributed by atoms with Gasteiger partial charge in [-0.2, -0.15) is 0 Å². The first-order chi connectivity index (χ1) is 11.9. The van der Waals surface area contributed by atoms with Gasteiger partial charge in [-0.05, 0) is 46.7 Å². The number of pyridine rings is 1. The topological polar surface area (TPSA) is 49.4 Å². The van der Waals surface area contributed by atoms with E-state index in [0.717, 1.165) is 36.8 Å². The van der Waals surface area contributed by atoms with Crippen LogP contribution < -0.4 is 15.4 Å². The number of nitrogens with one attached hydrogen (secondary N) is 2. The van der Waals surface area contributed by atoms with Crippen molar-refractivity contribution < 1.29 is 17.9 Å². The van der Waals surface area contributed by atoms with Gasteiger partial charge in [-0.15, -0.1) is 13.2 Å². The highest BCUT2D eigenvalue weighted by Gasteiger charge is 2.32. The van der Waals surface area contributed by atoms with Crippen LogP contribution in [-0.4, -0.2) is 29.5 Å². The molecular weight excluding hydrogens is 401 g/mol. The summed E-state index contributed by atoms with van der Waals surface area (Å²) in [4.78, 5) is 6.54. The van der Waals surface area contributed by atoms with Crippen molar-refractivity contribution in [3.63, 3.8) is 0 Å². The van der Waals surface area contributed by atoms with Gasteiger partial charge in [0.15, 0.2) is 0 Å². The molecule has 0 atom stereocenters. The third kappa shape index (κ3) is 4.35. The molecule has 2 heterocycles. The first kappa shape index (κ1) is 17.8. The molecule has 0 radical (unpaired) electrons. The Bertz CT molecular complexity index is 770. The molecule has 25 heavy (non-hydrogen) atoms. The SMILES string of the molecule is CCN1CNc2nccc(Nc3ccc(OC(F)(F)F)c(Br)c3)c2C1. The lowest BCUT2D eigenvalue weighted by Gasteiger charge is -2.29. The summed E-state index contributed by atoms with van der Waals surface area (Å²) in [6.07, 6.45) is -3.04. The molecule has 2 aromatic rings. The molecule has 1 aromatic heterocycles. The maximum atomic E-state index is 12.4.